The molecule has 7 nitrogen and oxygen atoms in total. The highest BCUT2D eigenvalue weighted by Crippen LogP contribution is 2.29. The van der Waals surface area contributed by atoms with Crippen molar-refractivity contribution in [2.24, 2.45) is 0 Å². The van der Waals surface area contributed by atoms with Gasteiger partial charge in [0.2, 0.25) is 15.9 Å². The summed E-state index contributed by atoms with van der Waals surface area (Å²) < 4.78 is 26.1. The molecule has 8 heteroatoms. The molecule has 0 fully saturated rings. The van der Waals surface area contributed by atoms with Crippen molar-refractivity contribution in [2.75, 3.05) is 22.4 Å². The Labute approximate surface area is 184 Å². The zero-order chi connectivity index (χ0) is 23.2. The summed E-state index contributed by atoms with van der Waals surface area (Å²) in [4.78, 5) is 25.4. The summed E-state index contributed by atoms with van der Waals surface area (Å²) >= 11 is 0. The molecule has 0 saturated carbocycles. The van der Waals surface area contributed by atoms with Crippen molar-refractivity contribution in [2.45, 2.75) is 46.1 Å². The minimum atomic E-state index is -3.71. The van der Waals surface area contributed by atoms with Crippen molar-refractivity contribution in [1.29, 1.82) is 0 Å². The van der Waals surface area contributed by atoms with Crippen LogP contribution in [0.3, 0.4) is 0 Å². The number of nitrogens with zero attached hydrogens (tertiary/aromatic N) is 1. The van der Waals surface area contributed by atoms with Crippen LogP contribution in [0.2, 0.25) is 0 Å². The Kier molecular flexibility index (Phi) is 8.21. The second-order valence-electron chi connectivity index (χ2n) is 7.86. The van der Waals surface area contributed by atoms with E-state index in [2.05, 4.69) is 10.6 Å². The van der Waals surface area contributed by atoms with Gasteiger partial charge in [0, 0.05) is 6.04 Å². The van der Waals surface area contributed by atoms with E-state index in [4.69, 9.17) is 0 Å². The van der Waals surface area contributed by atoms with E-state index in [-0.39, 0.29) is 17.9 Å². The first-order chi connectivity index (χ1) is 14.5. The molecule has 168 valence electrons. The quantitative estimate of drug-likeness (QED) is 0.615. The summed E-state index contributed by atoms with van der Waals surface area (Å²) in [5, 5.41) is 5.57. The van der Waals surface area contributed by atoms with E-state index in [1.807, 2.05) is 39.8 Å². The van der Waals surface area contributed by atoms with E-state index in [0.717, 1.165) is 22.5 Å². The molecular weight excluding hydrogens is 414 g/mol. The van der Waals surface area contributed by atoms with Crippen molar-refractivity contribution in [1.82, 2.24) is 5.32 Å². The number of rotatable bonds is 9. The molecule has 2 rings (SSSR count). The van der Waals surface area contributed by atoms with Gasteiger partial charge in [-0.3, -0.25) is 13.9 Å². The topological polar surface area (TPSA) is 95.6 Å². The molecule has 0 aliphatic carbocycles. The number of carbonyl (C=O) groups excluding carboxylic acids is 2. The molecule has 31 heavy (non-hydrogen) atoms. The van der Waals surface area contributed by atoms with Crippen LogP contribution in [0, 0.1) is 0 Å². The van der Waals surface area contributed by atoms with Gasteiger partial charge in [0.05, 0.1) is 23.2 Å². The Morgan fingerprint density at radius 1 is 1.00 bits per heavy atom. The Bertz CT molecular complexity index is 1030. The lowest BCUT2D eigenvalue weighted by molar-refractivity contribution is -0.114. The van der Waals surface area contributed by atoms with Gasteiger partial charge in [-0.25, -0.2) is 8.42 Å². The first-order valence-corrected chi connectivity index (χ1v) is 12.2. The van der Waals surface area contributed by atoms with Crippen molar-refractivity contribution in [3.63, 3.8) is 0 Å². The predicted octanol–water partition coefficient (Wildman–Crippen LogP) is 3.74. The number of sulfonamides is 1. The molecule has 0 aromatic heterocycles. The third-order valence-electron chi connectivity index (χ3n) is 4.95. The zero-order valence-corrected chi connectivity index (χ0v) is 19.5. The smallest absolute Gasteiger partial charge is 0.253 e. The van der Waals surface area contributed by atoms with Crippen LogP contribution >= 0.6 is 0 Å². The molecule has 0 bridgehead atoms. The Morgan fingerprint density at radius 3 is 2.23 bits per heavy atom. The van der Waals surface area contributed by atoms with Crippen LogP contribution in [0.25, 0.3) is 0 Å². The molecule has 2 aromatic carbocycles. The van der Waals surface area contributed by atoms with E-state index >= 15 is 0 Å². The van der Waals surface area contributed by atoms with Gasteiger partial charge in [-0.1, -0.05) is 51.1 Å². The molecule has 0 spiro atoms. The lowest BCUT2D eigenvalue weighted by Crippen LogP contribution is -2.38. The molecule has 0 radical (unpaired) electrons. The summed E-state index contributed by atoms with van der Waals surface area (Å²) in [6.45, 7) is 7.39. The van der Waals surface area contributed by atoms with Crippen molar-refractivity contribution < 1.29 is 18.0 Å². The fourth-order valence-corrected chi connectivity index (χ4v) is 3.97. The molecule has 2 N–H and O–H groups in total. The maximum Gasteiger partial charge on any atom is 0.253 e. The van der Waals surface area contributed by atoms with Crippen LogP contribution in [-0.2, 0) is 14.8 Å². The van der Waals surface area contributed by atoms with E-state index in [1.165, 1.54) is 0 Å². The van der Waals surface area contributed by atoms with Gasteiger partial charge >= 0.3 is 0 Å². The molecule has 0 aliphatic rings. The second kappa shape index (κ2) is 10.4. The molecule has 1 atom stereocenters. The number of carbonyl (C=O) groups is 2. The maximum atomic E-state index is 12.8. The van der Waals surface area contributed by atoms with Crippen molar-refractivity contribution in [3.05, 3.63) is 59.7 Å². The van der Waals surface area contributed by atoms with E-state index in [1.54, 1.807) is 36.4 Å². The van der Waals surface area contributed by atoms with Crippen LogP contribution in [0.15, 0.2) is 48.5 Å². The minimum Gasteiger partial charge on any atom is -0.350 e. The van der Waals surface area contributed by atoms with Crippen molar-refractivity contribution >= 4 is 33.2 Å². The van der Waals surface area contributed by atoms with E-state index < -0.39 is 22.5 Å². The largest absolute Gasteiger partial charge is 0.350 e. The van der Waals surface area contributed by atoms with Gasteiger partial charge in [0.25, 0.3) is 5.91 Å². The molecule has 2 aromatic rings. The maximum absolute atomic E-state index is 12.8. The zero-order valence-electron chi connectivity index (χ0n) is 18.7. The molecule has 2 amide bonds. The average Bonchev–Trinajstić information content (AvgIpc) is 2.71. The van der Waals surface area contributed by atoms with Gasteiger partial charge in [-0.2, -0.15) is 0 Å². The molecule has 0 aliphatic heterocycles. The molecule has 1 unspecified atom stereocenters. The number of amides is 2. The highest BCUT2D eigenvalue weighted by atomic mass is 32.2. The summed E-state index contributed by atoms with van der Waals surface area (Å²) in [5.41, 5.74) is 1.95. The van der Waals surface area contributed by atoms with E-state index in [0.29, 0.717) is 16.9 Å². The van der Waals surface area contributed by atoms with Gasteiger partial charge in [-0.05, 0) is 43.0 Å². The monoisotopic (exact) mass is 445 g/mol. The Balaban J connectivity index is 2.29. The van der Waals surface area contributed by atoms with Gasteiger partial charge in [0.15, 0.2) is 0 Å². The van der Waals surface area contributed by atoms with Crippen LogP contribution in [0.5, 0.6) is 0 Å². The number of anilines is 2. The van der Waals surface area contributed by atoms with Crippen LogP contribution < -0.4 is 14.9 Å². The normalized spacial score (nSPS) is 12.3. The molecule has 0 heterocycles. The highest BCUT2D eigenvalue weighted by molar-refractivity contribution is 7.92. The van der Waals surface area contributed by atoms with Gasteiger partial charge in [0.1, 0.15) is 6.54 Å². The number of para-hydroxylation sites is 2. The van der Waals surface area contributed by atoms with Gasteiger partial charge in [-0.15, -0.1) is 0 Å². The SMILES string of the molecule is CCC(C)NC(=O)c1ccccc1NC(=O)CN(c1ccccc1C(C)C)S(C)(=O)=O. The minimum absolute atomic E-state index is 0.00970. The number of hydrogen-bond donors (Lipinski definition) is 2. The lowest BCUT2D eigenvalue weighted by atomic mass is 10.0. The molecular formula is C23H31N3O4S. The number of nitrogens with one attached hydrogen (secondary N) is 2. The summed E-state index contributed by atoms with van der Waals surface area (Å²) in [6.07, 6.45) is 1.85. The third kappa shape index (κ3) is 6.55. The Morgan fingerprint density at radius 2 is 1.61 bits per heavy atom. The highest BCUT2D eigenvalue weighted by Gasteiger charge is 2.24. The van der Waals surface area contributed by atoms with Gasteiger partial charge < -0.3 is 10.6 Å². The fourth-order valence-electron chi connectivity index (χ4n) is 3.10. The van der Waals surface area contributed by atoms with Crippen LogP contribution in [-0.4, -0.2) is 39.1 Å². The lowest BCUT2D eigenvalue weighted by Gasteiger charge is -2.26. The van der Waals surface area contributed by atoms with E-state index in [9.17, 15) is 18.0 Å². The number of hydrogen-bond acceptors (Lipinski definition) is 4. The third-order valence-corrected chi connectivity index (χ3v) is 6.08. The number of benzene rings is 2. The van der Waals surface area contributed by atoms with Crippen LogP contribution in [0.4, 0.5) is 11.4 Å². The summed E-state index contributed by atoms with van der Waals surface area (Å²) in [6, 6.07) is 13.8. The summed E-state index contributed by atoms with van der Waals surface area (Å²) in [7, 11) is -3.71. The van der Waals surface area contributed by atoms with Crippen molar-refractivity contribution in [3.8, 4) is 0 Å². The fraction of sp³-hybridized carbons (Fsp3) is 0.391. The summed E-state index contributed by atoms with van der Waals surface area (Å²) in [5.74, 6) is -0.753. The second-order valence-corrected chi connectivity index (χ2v) is 9.77. The predicted molar refractivity (Wildman–Crippen MR) is 125 cm³/mol. The standard InChI is InChI=1S/C23H31N3O4S/c1-6-17(4)24-23(28)19-12-7-9-13-20(19)25-22(27)15-26(31(5,29)30)21-14-10-8-11-18(21)16(2)3/h7-14,16-17H,6,15H2,1-5H3,(H,24,28)(H,25,27). The molecule has 0 saturated heterocycles. The average molecular weight is 446 g/mol. The van der Waals surface area contributed by atoms with Crippen LogP contribution in [0.1, 0.15) is 56.0 Å². The Hall–Kier alpha value is -2.87. The first-order valence-electron chi connectivity index (χ1n) is 10.3. The first kappa shape index (κ1) is 24.4.